The maximum atomic E-state index is 3.66. The van der Waals surface area contributed by atoms with Gasteiger partial charge < -0.3 is 10.2 Å². The van der Waals surface area contributed by atoms with Gasteiger partial charge in [-0.3, -0.25) is 0 Å². The smallest absolute Gasteiger partial charge is 0.0197 e. The summed E-state index contributed by atoms with van der Waals surface area (Å²) in [6.45, 7) is 8.33. The van der Waals surface area contributed by atoms with Crippen LogP contribution in [0.5, 0.6) is 0 Å². The van der Waals surface area contributed by atoms with E-state index in [1.165, 1.54) is 58.2 Å². The van der Waals surface area contributed by atoms with Crippen molar-refractivity contribution >= 4 is 0 Å². The number of piperidine rings is 1. The molecule has 2 unspecified atom stereocenters. The number of nitrogens with one attached hydrogen (secondary N) is 1. The van der Waals surface area contributed by atoms with E-state index in [0.29, 0.717) is 0 Å². The minimum atomic E-state index is 0.741. The second-order valence-electron chi connectivity index (χ2n) is 5.42. The molecule has 0 bridgehead atoms. The second-order valence-corrected chi connectivity index (χ2v) is 5.42. The van der Waals surface area contributed by atoms with Gasteiger partial charge in [0.05, 0.1) is 0 Å². The summed E-state index contributed by atoms with van der Waals surface area (Å²) in [6.07, 6.45) is 8.18. The number of likely N-dealkylation sites (N-methyl/N-ethyl adjacent to an activating group) is 1. The summed E-state index contributed by atoms with van der Waals surface area (Å²) in [4.78, 5) is 2.51. The number of hydrogen-bond donors (Lipinski definition) is 1. The van der Waals surface area contributed by atoms with Crippen LogP contribution >= 0.6 is 0 Å². The predicted molar refractivity (Wildman–Crippen MR) is 71.8 cm³/mol. The molecule has 1 N–H and O–H groups in total. The second kappa shape index (κ2) is 8.08. The fourth-order valence-corrected chi connectivity index (χ4v) is 2.70. The first-order chi connectivity index (χ1) is 7.76. The van der Waals surface area contributed by atoms with Crippen LogP contribution in [0.4, 0.5) is 0 Å². The number of unbranched alkanes of at least 4 members (excludes halogenated alkanes) is 2. The molecule has 0 aromatic carbocycles. The molecule has 1 aliphatic heterocycles. The molecule has 96 valence electrons. The lowest BCUT2D eigenvalue weighted by Crippen LogP contribution is -2.45. The van der Waals surface area contributed by atoms with Gasteiger partial charge in [-0.1, -0.05) is 33.1 Å². The van der Waals surface area contributed by atoms with Crippen molar-refractivity contribution < 1.29 is 0 Å². The van der Waals surface area contributed by atoms with E-state index in [2.05, 4.69) is 31.1 Å². The van der Waals surface area contributed by atoms with Crippen LogP contribution < -0.4 is 5.32 Å². The molecule has 2 atom stereocenters. The third kappa shape index (κ3) is 5.31. The predicted octanol–water partition coefficient (Wildman–Crippen LogP) is 2.89. The minimum absolute atomic E-state index is 0.741. The van der Waals surface area contributed by atoms with Crippen LogP contribution in [-0.4, -0.2) is 37.6 Å². The van der Waals surface area contributed by atoms with Gasteiger partial charge in [-0.2, -0.15) is 0 Å². The van der Waals surface area contributed by atoms with Gasteiger partial charge in [0.1, 0.15) is 0 Å². The Morgan fingerprint density at radius 1 is 1.25 bits per heavy atom. The third-order valence-corrected chi connectivity index (χ3v) is 3.86. The summed E-state index contributed by atoms with van der Waals surface area (Å²) in [5.74, 6) is 0.968. The molecule has 0 aromatic rings. The van der Waals surface area contributed by atoms with Crippen LogP contribution in [0.3, 0.4) is 0 Å². The van der Waals surface area contributed by atoms with E-state index in [1.807, 2.05) is 0 Å². The molecule has 0 aliphatic carbocycles. The lowest BCUT2D eigenvalue weighted by atomic mass is 9.90. The Bertz CT molecular complexity index is 170. The molecule has 0 spiro atoms. The maximum Gasteiger partial charge on any atom is 0.0197 e. The molecule has 0 amide bonds. The van der Waals surface area contributed by atoms with Crippen molar-refractivity contribution in [1.29, 1.82) is 0 Å². The average molecular weight is 226 g/mol. The van der Waals surface area contributed by atoms with Gasteiger partial charge in [0.25, 0.3) is 0 Å². The standard InChI is InChI=1S/C14H30N2/c1-4-6-7-10-16(3)12-14-11-13(5-2)8-9-15-14/h13-15H,4-12H2,1-3H3. The highest BCUT2D eigenvalue weighted by Gasteiger charge is 2.20. The molecular weight excluding hydrogens is 196 g/mol. The molecule has 2 nitrogen and oxygen atoms in total. The van der Waals surface area contributed by atoms with Gasteiger partial charge in [0.2, 0.25) is 0 Å². The zero-order valence-electron chi connectivity index (χ0n) is 11.5. The molecule has 0 aromatic heterocycles. The molecule has 16 heavy (non-hydrogen) atoms. The lowest BCUT2D eigenvalue weighted by Gasteiger charge is -2.32. The number of rotatable bonds is 7. The number of hydrogen-bond acceptors (Lipinski definition) is 2. The molecule has 1 aliphatic rings. The summed E-state index contributed by atoms with van der Waals surface area (Å²) < 4.78 is 0. The summed E-state index contributed by atoms with van der Waals surface area (Å²) in [5.41, 5.74) is 0. The number of nitrogens with zero attached hydrogens (tertiary/aromatic N) is 1. The Morgan fingerprint density at radius 3 is 2.75 bits per heavy atom. The maximum absolute atomic E-state index is 3.66. The van der Waals surface area contributed by atoms with E-state index >= 15 is 0 Å². The van der Waals surface area contributed by atoms with Gasteiger partial charge in [-0.05, 0) is 45.3 Å². The van der Waals surface area contributed by atoms with E-state index in [1.54, 1.807) is 0 Å². The largest absolute Gasteiger partial charge is 0.313 e. The Hall–Kier alpha value is -0.0800. The van der Waals surface area contributed by atoms with Gasteiger partial charge in [-0.15, -0.1) is 0 Å². The molecule has 1 rings (SSSR count). The monoisotopic (exact) mass is 226 g/mol. The average Bonchev–Trinajstić information content (AvgIpc) is 2.29. The topological polar surface area (TPSA) is 15.3 Å². The van der Waals surface area contributed by atoms with Gasteiger partial charge >= 0.3 is 0 Å². The van der Waals surface area contributed by atoms with Crippen molar-refractivity contribution in [2.75, 3.05) is 26.7 Å². The van der Waals surface area contributed by atoms with E-state index in [4.69, 9.17) is 0 Å². The van der Waals surface area contributed by atoms with Crippen molar-refractivity contribution in [3.05, 3.63) is 0 Å². The van der Waals surface area contributed by atoms with Gasteiger partial charge in [-0.25, -0.2) is 0 Å². The zero-order valence-corrected chi connectivity index (χ0v) is 11.5. The third-order valence-electron chi connectivity index (χ3n) is 3.86. The van der Waals surface area contributed by atoms with Crippen LogP contribution in [0.25, 0.3) is 0 Å². The highest BCUT2D eigenvalue weighted by atomic mass is 15.1. The highest BCUT2D eigenvalue weighted by Crippen LogP contribution is 2.19. The van der Waals surface area contributed by atoms with E-state index in [0.717, 1.165) is 12.0 Å². The van der Waals surface area contributed by atoms with E-state index < -0.39 is 0 Å². The van der Waals surface area contributed by atoms with Crippen molar-refractivity contribution in [1.82, 2.24) is 10.2 Å². The molecule has 1 saturated heterocycles. The summed E-state index contributed by atoms with van der Waals surface area (Å²) in [5, 5.41) is 3.66. The molecular formula is C14H30N2. The van der Waals surface area contributed by atoms with Crippen LogP contribution in [0.15, 0.2) is 0 Å². The molecule has 1 heterocycles. The summed E-state index contributed by atoms with van der Waals surface area (Å²) in [6, 6.07) is 0.741. The van der Waals surface area contributed by atoms with Gasteiger partial charge in [0.15, 0.2) is 0 Å². The van der Waals surface area contributed by atoms with Crippen LogP contribution in [0, 0.1) is 5.92 Å². The fraction of sp³-hybridized carbons (Fsp3) is 1.00. The Labute approximate surface area is 102 Å². The zero-order chi connectivity index (χ0) is 11.8. The molecule has 2 heteroatoms. The molecule has 0 radical (unpaired) electrons. The van der Waals surface area contributed by atoms with Crippen molar-refractivity contribution in [3.63, 3.8) is 0 Å². The molecule has 1 fully saturated rings. The highest BCUT2D eigenvalue weighted by molar-refractivity contribution is 4.79. The van der Waals surface area contributed by atoms with Crippen molar-refractivity contribution in [2.45, 2.75) is 58.4 Å². The molecule has 0 saturated carbocycles. The summed E-state index contributed by atoms with van der Waals surface area (Å²) >= 11 is 0. The van der Waals surface area contributed by atoms with Crippen LogP contribution in [0.1, 0.15) is 52.4 Å². The summed E-state index contributed by atoms with van der Waals surface area (Å²) in [7, 11) is 2.27. The minimum Gasteiger partial charge on any atom is -0.313 e. The Balaban J connectivity index is 2.14. The first-order valence-electron chi connectivity index (χ1n) is 7.18. The van der Waals surface area contributed by atoms with Crippen LogP contribution in [-0.2, 0) is 0 Å². The van der Waals surface area contributed by atoms with Crippen molar-refractivity contribution in [3.8, 4) is 0 Å². The normalized spacial score (nSPS) is 26.2. The van der Waals surface area contributed by atoms with E-state index in [9.17, 15) is 0 Å². The SMILES string of the molecule is CCCCCN(C)CC1CC(CC)CCN1. The first kappa shape index (κ1) is 14.0. The quantitative estimate of drug-likeness (QED) is 0.672. The Kier molecular flexibility index (Phi) is 7.06. The van der Waals surface area contributed by atoms with E-state index in [-0.39, 0.29) is 0 Å². The fourth-order valence-electron chi connectivity index (χ4n) is 2.70. The Morgan fingerprint density at radius 2 is 2.06 bits per heavy atom. The first-order valence-corrected chi connectivity index (χ1v) is 7.18. The van der Waals surface area contributed by atoms with Gasteiger partial charge in [0, 0.05) is 12.6 Å². The van der Waals surface area contributed by atoms with Crippen LogP contribution in [0.2, 0.25) is 0 Å². The lowest BCUT2D eigenvalue weighted by molar-refractivity contribution is 0.222. The van der Waals surface area contributed by atoms with Crippen molar-refractivity contribution in [2.24, 2.45) is 5.92 Å².